The quantitative estimate of drug-likeness (QED) is 0.516. The summed E-state index contributed by atoms with van der Waals surface area (Å²) in [5.74, 6) is 2.61. The van der Waals surface area contributed by atoms with Gasteiger partial charge in [-0.15, -0.1) is 0 Å². The summed E-state index contributed by atoms with van der Waals surface area (Å²) >= 11 is 0. The van der Waals surface area contributed by atoms with Crippen molar-refractivity contribution in [1.29, 1.82) is 0 Å². The summed E-state index contributed by atoms with van der Waals surface area (Å²) in [6, 6.07) is 0.810. The molecule has 0 amide bonds. The molecular formula is C10H17N. The Hall–Kier alpha value is -0.300. The average molecular weight is 151 g/mol. The summed E-state index contributed by atoms with van der Waals surface area (Å²) in [6.07, 6.45) is 6.23. The molecule has 0 aromatic carbocycles. The summed E-state index contributed by atoms with van der Waals surface area (Å²) in [7, 11) is 4.41. The SMILES string of the molecule is CC1C2C=CC(C2)C1N(C)C. The second kappa shape index (κ2) is 2.34. The molecule has 0 radical (unpaired) electrons. The van der Waals surface area contributed by atoms with Crippen molar-refractivity contribution in [2.24, 2.45) is 17.8 Å². The summed E-state index contributed by atoms with van der Waals surface area (Å²) in [5.41, 5.74) is 0. The van der Waals surface area contributed by atoms with Crippen LogP contribution >= 0.6 is 0 Å². The van der Waals surface area contributed by atoms with Crippen molar-refractivity contribution in [3.8, 4) is 0 Å². The first-order valence-corrected chi connectivity index (χ1v) is 4.55. The molecule has 2 aliphatic carbocycles. The first-order valence-electron chi connectivity index (χ1n) is 4.55. The van der Waals surface area contributed by atoms with E-state index in [2.05, 4.69) is 38.1 Å². The summed E-state index contributed by atoms with van der Waals surface area (Å²) in [4.78, 5) is 2.39. The van der Waals surface area contributed by atoms with Gasteiger partial charge in [-0.2, -0.15) is 0 Å². The predicted molar refractivity (Wildman–Crippen MR) is 47.4 cm³/mol. The van der Waals surface area contributed by atoms with E-state index in [0.717, 1.165) is 23.8 Å². The number of rotatable bonds is 1. The van der Waals surface area contributed by atoms with E-state index in [4.69, 9.17) is 0 Å². The molecule has 2 bridgehead atoms. The topological polar surface area (TPSA) is 3.24 Å². The van der Waals surface area contributed by atoms with E-state index >= 15 is 0 Å². The molecule has 1 heteroatoms. The number of hydrogen-bond acceptors (Lipinski definition) is 1. The molecular weight excluding hydrogens is 134 g/mol. The van der Waals surface area contributed by atoms with E-state index in [0.29, 0.717) is 0 Å². The molecule has 62 valence electrons. The average Bonchev–Trinajstić information content (AvgIpc) is 2.44. The first-order chi connectivity index (χ1) is 5.20. The van der Waals surface area contributed by atoms with Gasteiger partial charge in [-0.05, 0) is 38.3 Å². The van der Waals surface area contributed by atoms with Crippen LogP contribution < -0.4 is 0 Å². The van der Waals surface area contributed by atoms with Crippen LogP contribution in [0.5, 0.6) is 0 Å². The molecule has 0 aromatic rings. The highest BCUT2D eigenvalue weighted by atomic mass is 15.1. The van der Waals surface area contributed by atoms with Gasteiger partial charge in [0.1, 0.15) is 0 Å². The second-order valence-corrected chi connectivity index (χ2v) is 4.26. The fourth-order valence-electron chi connectivity index (χ4n) is 2.90. The third kappa shape index (κ3) is 0.943. The fourth-order valence-corrected chi connectivity index (χ4v) is 2.90. The van der Waals surface area contributed by atoms with Gasteiger partial charge in [-0.25, -0.2) is 0 Å². The Kier molecular flexibility index (Phi) is 1.57. The van der Waals surface area contributed by atoms with Crippen molar-refractivity contribution in [2.75, 3.05) is 14.1 Å². The maximum Gasteiger partial charge on any atom is 0.0183 e. The summed E-state index contributed by atoms with van der Waals surface area (Å²) < 4.78 is 0. The van der Waals surface area contributed by atoms with Crippen molar-refractivity contribution in [3.63, 3.8) is 0 Å². The van der Waals surface area contributed by atoms with Gasteiger partial charge in [0.15, 0.2) is 0 Å². The van der Waals surface area contributed by atoms with Gasteiger partial charge in [-0.3, -0.25) is 0 Å². The fraction of sp³-hybridized carbons (Fsp3) is 0.800. The van der Waals surface area contributed by atoms with Crippen molar-refractivity contribution in [1.82, 2.24) is 4.90 Å². The largest absolute Gasteiger partial charge is 0.306 e. The first kappa shape index (κ1) is 7.35. The van der Waals surface area contributed by atoms with Gasteiger partial charge >= 0.3 is 0 Å². The Morgan fingerprint density at radius 1 is 1.18 bits per heavy atom. The van der Waals surface area contributed by atoms with E-state index in [-0.39, 0.29) is 0 Å². The van der Waals surface area contributed by atoms with Gasteiger partial charge in [0.05, 0.1) is 0 Å². The van der Waals surface area contributed by atoms with Gasteiger partial charge in [0.25, 0.3) is 0 Å². The molecule has 1 fully saturated rings. The van der Waals surface area contributed by atoms with Crippen LogP contribution in [0.15, 0.2) is 12.2 Å². The van der Waals surface area contributed by atoms with Gasteiger partial charge < -0.3 is 4.90 Å². The zero-order valence-electron chi connectivity index (χ0n) is 7.62. The third-order valence-electron chi connectivity index (χ3n) is 3.40. The van der Waals surface area contributed by atoms with Crippen LogP contribution in [0, 0.1) is 17.8 Å². The molecule has 0 heterocycles. The number of nitrogens with zero attached hydrogens (tertiary/aromatic N) is 1. The molecule has 2 rings (SSSR count). The molecule has 0 spiro atoms. The molecule has 0 aliphatic heterocycles. The molecule has 11 heavy (non-hydrogen) atoms. The molecule has 0 N–H and O–H groups in total. The number of fused-ring (bicyclic) bond motifs is 2. The summed E-state index contributed by atoms with van der Waals surface area (Å²) in [6.45, 7) is 2.39. The van der Waals surface area contributed by atoms with Crippen molar-refractivity contribution < 1.29 is 0 Å². The van der Waals surface area contributed by atoms with Gasteiger partial charge in [-0.1, -0.05) is 19.1 Å². The van der Waals surface area contributed by atoms with Crippen LogP contribution in [-0.4, -0.2) is 25.0 Å². The predicted octanol–water partition coefficient (Wildman–Crippen LogP) is 1.76. The van der Waals surface area contributed by atoms with Crippen molar-refractivity contribution in [2.45, 2.75) is 19.4 Å². The normalized spacial score (nSPS) is 47.6. The van der Waals surface area contributed by atoms with E-state index in [1.807, 2.05) is 0 Å². The lowest BCUT2D eigenvalue weighted by Crippen LogP contribution is -2.36. The molecule has 4 unspecified atom stereocenters. The molecule has 4 atom stereocenters. The van der Waals surface area contributed by atoms with E-state index in [1.54, 1.807) is 0 Å². The van der Waals surface area contributed by atoms with Crippen LogP contribution in [-0.2, 0) is 0 Å². The van der Waals surface area contributed by atoms with Crippen molar-refractivity contribution >= 4 is 0 Å². The Balaban J connectivity index is 2.18. The van der Waals surface area contributed by atoms with Crippen LogP contribution in [0.1, 0.15) is 13.3 Å². The Labute approximate surface area is 69.1 Å². The van der Waals surface area contributed by atoms with Crippen LogP contribution in [0.2, 0.25) is 0 Å². The highest BCUT2D eigenvalue weighted by molar-refractivity contribution is 5.15. The smallest absolute Gasteiger partial charge is 0.0183 e. The van der Waals surface area contributed by atoms with Crippen molar-refractivity contribution in [3.05, 3.63) is 12.2 Å². The maximum absolute atomic E-state index is 2.41. The van der Waals surface area contributed by atoms with Crippen LogP contribution in [0.4, 0.5) is 0 Å². The minimum absolute atomic E-state index is 0.810. The summed E-state index contributed by atoms with van der Waals surface area (Å²) in [5, 5.41) is 0. The zero-order chi connectivity index (χ0) is 8.01. The Morgan fingerprint density at radius 2 is 1.82 bits per heavy atom. The highest BCUT2D eigenvalue weighted by Gasteiger charge is 2.42. The minimum Gasteiger partial charge on any atom is -0.306 e. The Morgan fingerprint density at radius 3 is 2.18 bits per heavy atom. The maximum atomic E-state index is 2.41. The Bertz CT molecular complexity index is 183. The zero-order valence-corrected chi connectivity index (χ0v) is 7.62. The molecule has 1 nitrogen and oxygen atoms in total. The molecule has 0 saturated heterocycles. The van der Waals surface area contributed by atoms with Gasteiger partial charge in [0.2, 0.25) is 0 Å². The number of hydrogen-bond donors (Lipinski definition) is 0. The van der Waals surface area contributed by atoms with Gasteiger partial charge in [0, 0.05) is 6.04 Å². The molecule has 1 saturated carbocycles. The number of allylic oxidation sites excluding steroid dienone is 1. The monoisotopic (exact) mass is 151 g/mol. The van der Waals surface area contributed by atoms with Crippen LogP contribution in [0.25, 0.3) is 0 Å². The lowest BCUT2D eigenvalue weighted by molar-refractivity contribution is 0.206. The third-order valence-corrected chi connectivity index (χ3v) is 3.40. The minimum atomic E-state index is 0.810. The molecule has 2 aliphatic rings. The van der Waals surface area contributed by atoms with E-state index in [9.17, 15) is 0 Å². The highest BCUT2D eigenvalue weighted by Crippen LogP contribution is 2.44. The lowest BCUT2D eigenvalue weighted by Gasteiger charge is -2.30. The lowest BCUT2D eigenvalue weighted by atomic mass is 9.90. The second-order valence-electron chi connectivity index (χ2n) is 4.26. The molecule has 0 aromatic heterocycles. The standard InChI is InChI=1S/C10H17N/c1-7-8-4-5-9(6-8)10(7)11(2)3/h4-5,7-10H,6H2,1-3H3. The van der Waals surface area contributed by atoms with E-state index < -0.39 is 0 Å². The van der Waals surface area contributed by atoms with Crippen LogP contribution in [0.3, 0.4) is 0 Å². The van der Waals surface area contributed by atoms with E-state index in [1.165, 1.54) is 6.42 Å².